The van der Waals surface area contributed by atoms with Gasteiger partial charge >= 0.3 is 0 Å². The average Bonchev–Trinajstić information content (AvgIpc) is 4.11. The Labute approximate surface area is 429 Å². The average molecular weight is 936 g/mol. The molecule has 0 fully saturated rings. The maximum Gasteiger partial charge on any atom is 0.0726 e. The van der Waals surface area contributed by atoms with Gasteiger partial charge in [0.05, 0.1) is 11.1 Å². The first kappa shape index (κ1) is 41.1. The van der Waals surface area contributed by atoms with Crippen LogP contribution in [0.15, 0.2) is 273 Å². The molecular weight excluding hydrogens is 891 g/mol. The molecule has 0 radical (unpaired) electrons. The first-order chi connectivity index (χ1) is 36.7. The van der Waals surface area contributed by atoms with E-state index in [1.54, 1.807) is 0 Å². The molecule has 0 heterocycles. The summed E-state index contributed by atoms with van der Waals surface area (Å²) in [5.74, 6) is 0. The predicted molar refractivity (Wildman–Crippen MR) is 313 cm³/mol. The lowest BCUT2D eigenvalue weighted by molar-refractivity contribution is 0.794. The van der Waals surface area contributed by atoms with Gasteiger partial charge in [-0.05, 0) is 162 Å². The molecule has 0 saturated heterocycles. The number of hydrogen-bond acceptors (Lipinski definition) is 1. The highest BCUT2D eigenvalue weighted by molar-refractivity contribution is 6.26. The molecule has 1 spiro atoms. The molecule has 0 N–H and O–H groups in total. The number of anilines is 3. The smallest absolute Gasteiger partial charge is 0.0726 e. The van der Waals surface area contributed by atoms with Crippen LogP contribution < -0.4 is 4.90 Å². The second kappa shape index (κ2) is 15.7. The van der Waals surface area contributed by atoms with Crippen LogP contribution in [0.3, 0.4) is 0 Å². The van der Waals surface area contributed by atoms with Gasteiger partial charge in [0, 0.05) is 16.9 Å². The molecule has 14 aromatic carbocycles. The summed E-state index contributed by atoms with van der Waals surface area (Å²) in [6.07, 6.45) is 0. The first-order valence-electron chi connectivity index (χ1n) is 25.8. The van der Waals surface area contributed by atoms with Crippen LogP contribution in [-0.2, 0) is 5.41 Å². The summed E-state index contributed by atoms with van der Waals surface area (Å²) in [4.78, 5) is 2.57. The Bertz CT molecular complexity index is 4590. The van der Waals surface area contributed by atoms with Crippen LogP contribution >= 0.6 is 0 Å². The summed E-state index contributed by atoms with van der Waals surface area (Å²) >= 11 is 0. The number of benzene rings is 14. The topological polar surface area (TPSA) is 3.24 Å². The lowest BCUT2D eigenvalue weighted by Gasteiger charge is -2.33. The summed E-state index contributed by atoms with van der Waals surface area (Å²) in [5, 5.41) is 15.0. The molecule has 2 aliphatic carbocycles. The number of nitrogens with zero attached hydrogens (tertiary/aromatic N) is 1. The van der Waals surface area contributed by atoms with Crippen molar-refractivity contribution in [3.63, 3.8) is 0 Å². The van der Waals surface area contributed by atoms with Gasteiger partial charge in [-0.15, -0.1) is 0 Å². The SMILES string of the molecule is c1ccc2c(c1)-c1ccccc1C21c2ccccc2-c2cc(-c3ccc(-c4cccc5ccccc45)cc3)c(N(c3ccc4c(ccc5ccccc54)c3)c3ccc4c5ccccc5c5ccccc5c4c3)cc21. The normalized spacial score (nSPS) is 13.0. The highest BCUT2D eigenvalue weighted by Gasteiger charge is 2.52. The van der Waals surface area contributed by atoms with E-state index in [0.29, 0.717) is 0 Å². The highest BCUT2D eigenvalue weighted by atomic mass is 15.1. The van der Waals surface area contributed by atoms with Crippen LogP contribution in [-0.4, -0.2) is 0 Å². The lowest BCUT2D eigenvalue weighted by Crippen LogP contribution is -2.26. The molecule has 16 rings (SSSR count). The Hall–Kier alpha value is -9.56. The molecule has 0 aromatic heterocycles. The van der Waals surface area contributed by atoms with Gasteiger partial charge in [-0.1, -0.05) is 237 Å². The van der Waals surface area contributed by atoms with Gasteiger partial charge in [-0.3, -0.25) is 0 Å². The zero-order chi connectivity index (χ0) is 48.5. The minimum Gasteiger partial charge on any atom is -0.310 e. The first-order valence-corrected chi connectivity index (χ1v) is 25.8. The summed E-state index contributed by atoms with van der Waals surface area (Å²) in [6, 6.07) is 103. The van der Waals surface area contributed by atoms with Crippen molar-refractivity contribution in [3.05, 3.63) is 295 Å². The summed E-state index contributed by atoms with van der Waals surface area (Å²) in [7, 11) is 0. The van der Waals surface area contributed by atoms with Crippen LogP contribution in [0.5, 0.6) is 0 Å². The second-order valence-electron chi connectivity index (χ2n) is 20.3. The number of fused-ring (bicyclic) bond motifs is 20. The fraction of sp³-hybridized carbons (Fsp3) is 0.0137. The van der Waals surface area contributed by atoms with Gasteiger partial charge in [-0.25, -0.2) is 0 Å². The molecular formula is C73H45N. The van der Waals surface area contributed by atoms with Crippen molar-refractivity contribution in [2.24, 2.45) is 0 Å². The van der Waals surface area contributed by atoms with Crippen LogP contribution in [0.1, 0.15) is 22.3 Å². The predicted octanol–water partition coefficient (Wildman–Crippen LogP) is 19.8. The molecule has 342 valence electrons. The third-order valence-electron chi connectivity index (χ3n) is 16.6. The van der Waals surface area contributed by atoms with Crippen LogP contribution in [0, 0.1) is 0 Å². The van der Waals surface area contributed by atoms with E-state index in [1.807, 2.05) is 0 Å². The third-order valence-corrected chi connectivity index (χ3v) is 16.6. The fourth-order valence-electron chi connectivity index (χ4n) is 13.5. The Morgan fingerprint density at radius 3 is 1.27 bits per heavy atom. The zero-order valence-electron chi connectivity index (χ0n) is 40.4. The van der Waals surface area contributed by atoms with Gasteiger partial charge in [0.2, 0.25) is 0 Å². The molecule has 0 bridgehead atoms. The van der Waals surface area contributed by atoms with E-state index < -0.39 is 5.41 Å². The fourth-order valence-corrected chi connectivity index (χ4v) is 13.5. The lowest BCUT2D eigenvalue weighted by atomic mass is 9.70. The summed E-state index contributed by atoms with van der Waals surface area (Å²) in [6.45, 7) is 0. The third kappa shape index (κ3) is 5.75. The van der Waals surface area contributed by atoms with Crippen molar-refractivity contribution in [3.8, 4) is 44.5 Å². The molecule has 14 aromatic rings. The standard InChI is InChI=1S/C73H45N/c1-3-19-53-46(16-1)18-15-28-55(53)48-32-34-49(35-33-48)65-44-67-64-27-11-14-31-70(64)73(68-29-12-9-25-62(68)63-26-10-13-30-69(63)73)71(67)45-72(65)74(51-38-40-56-50(42-51)37-36-47-17-2-4-20-54(47)56)52-39-41-61-59-23-6-5-21-57(59)58-22-7-8-24-60(58)66(61)43-52/h1-45H. The second-order valence-corrected chi connectivity index (χ2v) is 20.3. The Kier molecular flexibility index (Phi) is 8.73. The van der Waals surface area contributed by atoms with Crippen LogP contribution in [0.4, 0.5) is 17.1 Å². The Balaban J connectivity index is 1.02. The molecule has 0 amide bonds. The van der Waals surface area contributed by atoms with E-state index in [-0.39, 0.29) is 0 Å². The van der Waals surface area contributed by atoms with Crippen molar-refractivity contribution >= 4 is 81.7 Å². The van der Waals surface area contributed by atoms with Crippen molar-refractivity contribution < 1.29 is 0 Å². The molecule has 2 aliphatic rings. The maximum absolute atomic E-state index is 2.58. The Morgan fingerprint density at radius 2 is 0.635 bits per heavy atom. The molecule has 74 heavy (non-hydrogen) atoms. The maximum atomic E-state index is 2.58. The monoisotopic (exact) mass is 935 g/mol. The summed E-state index contributed by atoms with van der Waals surface area (Å²) in [5.41, 5.74) is 18.0. The van der Waals surface area contributed by atoms with E-state index in [9.17, 15) is 0 Å². The minimum atomic E-state index is -0.531. The molecule has 0 unspecified atom stereocenters. The molecule has 1 heteroatoms. The van der Waals surface area contributed by atoms with Gasteiger partial charge < -0.3 is 4.90 Å². The highest BCUT2D eigenvalue weighted by Crippen LogP contribution is 2.64. The van der Waals surface area contributed by atoms with Gasteiger partial charge in [0.15, 0.2) is 0 Å². The zero-order valence-corrected chi connectivity index (χ0v) is 40.4. The van der Waals surface area contributed by atoms with Crippen molar-refractivity contribution in [2.75, 3.05) is 4.90 Å². The van der Waals surface area contributed by atoms with Gasteiger partial charge in [-0.2, -0.15) is 0 Å². The number of hydrogen-bond donors (Lipinski definition) is 0. The van der Waals surface area contributed by atoms with Crippen molar-refractivity contribution in [1.82, 2.24) is 0 Å². The van der Waals surface area contributed by atoms with E-state index in [1.165, 1.54) is 126 Å². The van der Waals surface area contributed by atoms with E-state index in [2.05, 4.69) is 278 Å². The largest absolute Gasteiger partial charge is 0.310 e. The number of rotatable bonds is 5. The molecule has 0 aliphatic heterocycles. The van der Waals surface area contributed by atoms with Gasteiger partial charge in [0.25, 0.3) is 0 Å². The van der Waals surface area contributed by atoms with Crippen LogP contribution in [0.2, 0.25) is 0 Å². The molecule has 0 saturated carbocycles. The van der Waals surface area contributed by atoms with Gasteiger partial charge in [0.1, 0.15) is 0 Å². The quantitative estimate of drug-likeness (QED) is 0.155. The molecule has 0 atom stereocenters. The van der Waals surface area contributed by atoms with Crippen LogP contribution in [0.25, 0.3) is 109 Å². The van der Waals surface area contributed by atoms with E-state index >= 15 is 0 Å². The molecule has 1 nitrogen and oxygen atoms in total. The van der Waals surface area contributed by atoms with E-state index in [4.69, 9.17) is 0 Å². The van der Waals surface area contributed by atoms with Crippen molar-refractivity contribution in [1.29, 1.82) is 0 Å². The Morgan fingerprint density at radius 1 is 0.216 bits per heavy atom. The van der Waals surface area contributed by atoms with Crippen molar-refractivity contribution in [2.45, 2.75) is 5.41 Å². The summed E-state index contributed by atoms with van der Waals surface area (Å²) < 4.78 is 0. The van der Waals surface area contributed by atoms with E-state index in [0.717, 1.165) is 22.6 Å². The minimum absolute atomic E-state index is 0.531.